The van der Waals surface area contributed by atoms with Crippen molar-refractivity contribution < 1.29 is 4.79 Å². The van der Waals surface area contributed by atoms with Gasteiger partial charge in [0.15, 0.2) is 0 Å². The number of hydrogen-bond donors (Lipinski definition) is 2. The van der Waals surface area contributed by atoms with Crippen LogP contribution in [0, 0.1) is 5.92 Å². The molecule has 0 bridgehead atoms. The predicted molar refractivity (Wildman–Crippen MR) is 58.9 cm³/mol. The van der Waals surface area contributed by atoms with Crippen molar-refractivity contribution in [3.05, 3.63) is 0 Å². The van der Waals surface area contributed by atoms with E-state index in [2.05, 4.69) is 17.2 Å². The highest BCUT2D eigenvalue weighted by atomic mass is 16.2. The average molecular weight is 211 g/mol. The summed E-state index contributed by atoms with van der Waals surface area (Å²) in [6, 6.07) is 0.635. The minimum atomic E-state index is -0.0231. The van der Waals surface area contributed by atoms with Crippen LogP contribution in [0.25, 0.3) is 0 Å². The van der Waals surface area contributed by atoms with Crippen LogP contribution in [0.4, 0.5) is 0 Å². The number of carbonyl (C=O) groups excluding carboxylic acids is 1. The van der Waals surface area contributed by atoms with Crippen molar-refractivity contribution >= 4 is 5.91 Å². The van der Waals surface area contributed by atoms with E-state index in [0.29, 0.717) is 6.04 Å². The summed E-state index contributed by atoms with van der Waals surface area (Å²) in [4.78, 5) is 14.0. The Kier molecular flexibility index (Phi) is 3.26. The van der Waals surface area contributed by atoms with Crippen LogP contribution >= 0.6 is 0 Å². The molecule has 0 aromatic heterocycles. The number of hydrogen-bond acceptors (Lipinski definition) is 3. The van der Waals surface area contributed by atoms with Crippen molar-refractivity contribution in [2.75, 3.05) is 6.54 Å². The number of carbonyl (C=O) groups is 1. The molecule has 4 heteroatoms. The van der Waals surface area contributed by atoms with Crippen LogP contribution in [0.3, 0.4) is 0 Å². The van der Waals surface area contributed by atoms with Crippen molar-refractivity contribution in [1.29, 1.82) is 0 Å². The number of nitrogens with one attached hydrogen (secondary N) is 1. The van der Waals surface area contributed by atoms with Crippen molar-refractivity contribution in [2.45, 2.75) is 51.1 Å². The molecule has 0 spiro atoms. The Balaban J connectivity index is 1.95. The first kappa shape index (κ1) is 10.9. The second-order valence-electron chi connectivity index (χ2n) is 4.80. The van der Waals surface area contributed by atoms with Crippen LogP contribution in [0.5, 0.6) is 0 Å². The maximum atomic E-state index is 11.6. The third-order valence-corrected chi connectivity index (χ3v) is 3.41. The quantitative estimate of drug-likeness (QED) is 0.385. The standard InChI is InChI=1S/C11H21N3O/c1-2-10(11(15)13-12)14(9-5-6-9)7-8-3-4-8/h8-10H,2-7,12H2,1H3,(H,13,15). The Labute approximate surface area is 91.2 Å². The van der Waals surface area contributed by atoms with Crippen molar-refractivity contribution in [2.24, 2.45) is 11.8 Å². The van der Waals surface area contributed by atoms with E-state index < -0.39 is 0 Å². The molecule has 15 heavy (non-hydrogen) atoms. The second kappa shape index (κ2) is 4.49. The third kappa shape index (κ3) is 2.69. The number of amides is 1. The molecule has 2 fully saturated rings. The van der Waals surface area contributed by atoms with Crippen LogP contribution in [-0.4, -0.2) is 29.4 Å². The molecule has 1 unspecified atom stereocenters. The maximum Gasteiger partial charge on any atom is 0.251 e. The van der Waals surface area contributed by atoms with Crippen molar-refractivity contribution in [3.8, 4) is 0 Å². The van der Waals surface area contributed by atoms with Crippen molar-refractivity contribution in [1.82, 2.24) is 10.3 Å². The van der Waals surface area contributed by atoms with Gasteiger partial charge in [0.1, 0.15) is 0 Å². The Morgan fingerprint density at radius 3 is 2.53 bits per heavy atom. The fraction of sp³-hybridized carbons (Fsp3) is 0.909. The number of nitrogens with zero attached hydrogens (tertiary/aromatic N) is 1. The third-order valence-electron chi connectivity index (χ3n) is 3.41. The zero-order valence-corrected chi connectivity index (χ0v) is 9.41. The van der Waals surface area contributed by atoms with Gasteiger partial charge < -0.3 is 0 Å². The minimum Gasteiger partial charge on any atom is -0.293 e. The molecule has 4 nitrogen and oxygen atoms in total. The summed E-state index contributed by atoms with van der Waals surface area (Å²) in [6.45, 7) is 3.15. The molecule has 2 aliphatic carbocycles. The SMILES string of the molecule is CCC(C(=O)NN)N(CC1CC1)C1CC1. The largest absolute Gasteiger partial charge is 0.293 e. The van der Waals surface area contributed by atoms with Gasteiger partial charge in [0, 0.05) is 12.6 Å². The molecule has 2 saturated carbocycles. The van der Waals surface area contributed by atoms with Crippen LogP contribution in [-0.2, 0) is 4.79 Å². The summed E-state index contributed by atoms with van der Waals surface area (Å²) in [5, 5.41) is 0. The van der Waals surface area contributed by atoms with Gasteiger partial charge in [0.25, 0.3) is 5.91 Å². The monoisotopic (exact) mass is 211 g/mol. The van der Waals surface area contributed by atoms with E-state index in [0.717, 1.165) is 18.9 Å². The van der Waals surface area contributed by atoms with Crippen LogP contribution in [0.1, 0.15) is 39.0 Å². The maximum absolute atomic E-state index is 11.6. The molecule has 0 radical (unpaired) electrons. The molecule has 2 aliphatic rings. The van der Waals surface area contributed by atoms with Gasteiger partial charge in [-0.15, -0.1) is 0 Å². The van der Waals surface area contributed by atoms with Gasteiger partial charge in [-0.1, -0.05) is 6.92 Å². The van der Waals surface area contributed by atoms with Gasteiger partial charge in [-0.25, -0.2) is 5.84 Å². The summed E-state index contributed by atoms with van der Waals surface area (Å²) in [7, 11) is 0. The molecule has 0 aromatic carbocycles. The highest BCUT2D eigenvalue weighted by molar-refractivity contribution is 5.81. The first-order valence-corrected chi connectivity index (χ1v) is 6.02. The van der Waals surface area contributed by atoms with E-state index in [9.17, 15) is 4.79 Å². The smallest absolute Gasteiger partial charge is 0.251 e. The molecule has 3 N–H and O–H groups in total. The fourth-order valence-corrected chi connectivity index (χ4v) is 2.20. The lowest BCUT2D eigenvalue weighted by molar-refractivity contribution is -0.127. The van der Waals surface area contributed by atoms with Gasteiger partial charge in [-0.05, 0) is 38.0 Å². The predicted octanol–water partition coefficient (Wildman–Crippen LogP) is 0.629. The van der Waals surface area contributed by atoms with Crippen molar-refractivity contribution in [3.63, 3.8) is 0 Å². The average Bonchev–Trinajstić information content (AvgIpc) is 3.09. The van der Waals surface area contributed by atoms with E-state index in [4.69, 9.17) is 5.84 Å². The van der Waals surface area contributed by atoms with Crippen LogP contribution < -0.4 is 11.3 Å². The molecule has 0 aromatic rings. The highest BCUT2D eigenvalue weighted by Gasteiger charge is 2.39. The Morgan fingerprint density at radius 1 is 1.47 bits per heavy atom. The van der Waals surface area contributed by atoms with E-state index in [1.165, 1.54) is 25.7 Å². The van der Waals surface area contributed by atoms with Gasteiger partial charge in [0.2, 0.25) is 0 Å². The number of nitrogens with two attached hydrogens (primary N) is 1. The first-order chi connectivity index (χ1) is 7.26. The molecule has 0 aliphatic heterocycles. The lowest BCUT2D eigenvalue weighted by Crippen LogP contribution is -2.50. The first-order valence-electron chi connectivity index (χ1n) is 6.02. The van der Waals surface area contributed by atoms with E-state index >= 15 is 0 Å². The van der Waals surface area contributed by atoms with Crippen LogP contribution in [0.15, 0.2) is 0 Å². The van der Waals surface area contributed by atoms with E-state index in [1.807, 2.05) is 0 Å². The fourth-order valence-electron chi connectivity index (χ4n) is 2.20. The molecule has 0 saturated heterocycles. The van der Waals surface area contributed by atoms with Gasteiger partial charge >= 0.3 is 0 Å². The summed E-state index contributed by atoms with van der Waals surface area (Å²) in [5.74, 6) is 6.04. The topological polar surface area (TPSA) is 58.4 Å². The second-order valence-corrected chi connectivity index (χ2v) is 4.80. The Hall–Kier alpha value is -0.610. The Morgan fingerprint density at radius 2 is 2.13 bits per heavy atom. The minimum absolute atomic E-state index is 0.0110. The van der Waals surface area contributed by atoms with Gasteiger partial charge in [0.05, 0.1) is 6.04 Å². The number of hydrazine groups is 1. The normalized spacial score (nSPS) is 22.9. The zero-order valence-electron chi connectivity index (χ0n) is 9.41. The summed E-state index contributed by atoms with van der Waals surface area (Å²) >= 11 is 0. The lowest BCUT2D eigenvalue weighted by atomic mass is 10.1. The van der Waals surface area contributed by atoms with Gasteiger partial charge in [-0.3, -0.25) is 15.1 Å². The molecule has 0 heterocycles. The number of rotatable bonds is 6. The molecular formula is C11H21N3O. The summed E-state index contributed by atoms with van der Waals surface area (Å²) in [5.41, 5.74) is 2.29. The lowest BCUT2D eigenvalue weighted by Gasteiger charge is -2.29. The molecule has 1 amide bonds. The molecule has 2 rings (SSSR count). The zero-order chi connectivity index (χ0) is 10.8. The molecule has 1 atom stereocenters. The molecule has 86 valence electrons. The highest BCUT2D eigenvalue weighted by Crippen LogP contribution is 2.36. The molecular weight excluding hydrogens is 190 g/mol. The summed E-state index contributed by atoms with van der Waals surface area (Å²) in [6.07, 6.45) is 6.03. The van der Waals surface area contributed by atoms with E-state index in [-0.39, 0.29) is 11.9 Å². The Bertz CT molecular complexity index is 236. The van der Waals surface area contributed by atoms with E-state index in [1.54, 1.807) is 0 Å². The van der Waals surface area contributed by atoms with Gasteiger partial charge in [-0.2, -0.15) is 0 Å². The van der Waals surface area contributed by atoms with Crippen LogP contribution in [0.2, 0.25) is 0 Å². The summed E-state index contributed by atoms with van der Waals surface area (Å²) < 4.78 is 0.